The van der Waals surface area contributed by atoms with Gasteiger partial charge in [0.15, 0.2) is 11.4 Å². The Kier molecular flexibility index (Phi) is 2.17. The molecule has 0 radical (unpaired) electrons. The van der Waals surface area contributed by atoms with E-state index in [2.05, 4.69) is 0 Å². The van der Waals surface area contributed by atoms with E-state index in [4.69, 9.17) is 11.6 Å². The smallest absolute Gasteiger partial charge is 0.202 e. The fourth-order valence-corrected chi connectivity index (χ4v) is 1.99. The minimum Gasteiger partial charge on any atom is -0.374 e. The van der Waals surface area contributed by atoms with Gasteiger partial charge >= 0.3 is 0 Å². The summed E-state index contributed by atoms with van der Waals surface area (Å²) in [5, 5.41) is 10.4. The third kappa shape index (κ3) is 1.39. The van der Waals surface area contributed by atoms with E-state index in [-0.39, 0.29) is 6.42 Å². The van der Waals surface area contributed by atoms with Crippen LogP contribution in [0.1, 0.15) is 22.8 Å². The van der Waals surface area contributed by atoms with Crippen LogP contribution < -0.4 is 0 Å². The van der Waals surface area contributed by atoms with Gasteiger partial charge < -0.3 is 5.11 Å². The van der Waals surface area contributed by atoms with Crippen LogP contribution in [0.2, 0.25) is 5.02 Å². The van der Waals surface area contributed by atoms with Gasteiger partial charge in [-0.1, -0.05) is 11.6 Å². The van der Waals surface area contributed by atoms with E-state index in [0.29, 0.717) is 16.1 Å². The second-order valence-electron chi connectivity index (χ2n) is 3.72. The number of hydrogen-bond acceptors (Lipinski definition) is 3. The van der Waals surface area contributed by atoms with Gasteiger partial charge in [0.25, 0.3) is 0 Å². The molecule has 0 amide bonds. The normalized spacial score (nSPS) is 24.1. The molecule has 2 rings (SSSR count). The number of rotatable bonds is 1. The maximum atomic E-state index is 11.8. The van der Waals surface area contributed by atoms with Crippen LogP contribution in [0.15, 0.2) is 18.2 Å². The van der Waals surface area contributed by atoms with Crippen molar-refractivity contribution >= 4 is 23.2 Å². The summed E-state index contributed by atoms with van der Waals surface area (Å²) in [6.07, 6.45) is 0.0249. The fraction of sp³-hybridized carbons (Fsp3) is 0.273. The monoisotopic (exact) mass is 224 g/mol. The first-order valence-electron chi connectivity index (χ1n) is 4.52. The quantitative estimate of drug-likeness (QED) is 0.734. The van der Waals surface area contributed by atoms with Gasteiger partial charge in [0.05, 0.1) is 0 Å². The minimum atomic E-state index is -1.88. The van der Waals surface area contributed by atoms with E-state index in [1.165, 1.54) is 6.92 Å². The van der Waals surface area contributed by atoms with Crippen molar-refractivity contribution in [2.75, 3.05) is 0 Å². The Labute approximate surface area is 91.7 Å². The lowest BCUT2D eigenvalue weighted by Crippen LogP contribution is -2.43. The second-order valence-corrected chi connectivity index (χ2v) is 4.16. The number of Topliss-reactive ketones (excluding diaryl/α,β-unsaturated/α-hetero) is 2. The molecule has 0 saturated heterocycles. The van der Waals surface area contributed by atoms with Crippen molar-refractivity contribution in [1.82, 2.24) is 0 Å². The van der Waals surface area contributed by atoms with E-state index in [1.807, 2.05) is 0 Å². The number of hydrogen-bond donors (Lipinski definition) is 1. The Morgan fingerprint density at radius 3 is 2.80 bits per heavy atom. The number of ketones is 2. The largest absolute Gasteiger partial charge is 0.374 e. The molecule has 0 bridgehead atoms. The average Bonchev–Trinajstić information content (AvgIpc) is 2.40. The first-order valence-corrected chi connectivity index (χ1v) is 4.89. The Hall–Kier alpha value is -1.19. The lowest BCUT2D eigenvalue weighted by Gasteiger charge is -2.15. The van der Waals surface area contributed by atoms with Gasteiger partial charge in [0.1, 0.15) is 0 Å². The molecule has 1 atom stereocenters. The Morgan fingerprint density at radius 1 is 1.53 bits per heavy atom. The number of fused-ring (bicyclic) bond motifs is 1. The van der Waals surface area contributed by atoms with E-state index in [1.54, 1.807) is 18.2 Å². The second kappa shape index (κ2) is 3.15. The van der Waals surface area contributed by atoms with Gasteiger partial charge in [-0.05, 0) is 30.7 Å². The Balaban J connectivity index is 2.55. The summed E-state index contributed by atoms with van der Waals surface area (Å²) >= 11 is 5.77. The van der Waals surface area contributed by atoms with Crippen LogP contribution in [0, 0.1) is 0 Å². The molecule has 1 aromatic carbocycles. The molecule has 3 nitrogen and oxygen atoms in total. The van der Waals surface area contributed by atoms with Crippen LogP contribution in [0.3, 0.4) is 0 Å². The number of carbonyl (C=O) groups excluding carboxylic acids is 2. The molecule has 0 spiro atoms. The molecule has 78 valence electrons. The zero-order chi connectivity index (χ0) is 11.2. The third-order valence-electron chi connectivity index (χ3n) is 2.72. The molecule has 0 fully saturated rings. The van der Waals surface area contributed by atoms with Gasteiger partial charge in [-0.25, -0.2) is 0 Å². The van der Waals surface area contributed by atoms with E-state index >= 15 is 0 Å². The van der Waals surface area contributed by atoms with E-state index < -0.39 is 17.2 Å². The van der Waals surface area contributed by atoms with Crippen molar-refractivity contribution in [1.29, 1.82) is 0 Å². The Morgan fingerprint density at radius 2 is 2.20 bits per heavy atom. The van der Waals surface area contributed by atoms with Crippen LogP contribution in [-0.2, 0) is 11.2 Å². The molecule has 0 heterocycles. The molecule has 0 aromatic heterocycles. The molecule has 0 aliphatic heterocycles. The van der Waals surface area contributed by atoms with E-state index in [9.17, 15) is 14.7 Å². The highest BCUT2D eigenvalue weighted by Gasteiger charge is 2.47. The average molecular weight is 225 g/mol. The standard InChI is InChI=1S/C11H9ClO3/c1-6(13)11(15)5-7-4-8(12)2-3-9(7)10(11)14/h2-4,15H,5H2,1H3/t11-/m1/s1. The highest BCUT2D eigenvalue weighted by atomic mass is 35.5. The molecule has 0 saturated carbocycles. The van der Waals surface area contributed by atoms with Crippen LogP contribution in [-0.4, -0.2) is 22.3 Å². The van der Waals surface area contributed by atoms with Gasteiger partial charge in [0.2, 0.25) is 5.78 Å². The third-order valence-corrected chi connectivity index (χ3v) is 2.95. The van der Waals surface area contributed by atoms with Gasteiger partial charge in [-0.15, -0.1) is 0 Å². The number of halogens is 1. The summed E-state index contributed by atoms with van der Waals surface area (Å²) in [6.45, 7) is 1.21. The summed E-state index contributed by atoms with van der Waals surface area (Å²) < 4.78 is 0. The minimum absolute atomic E-state index is 0.0249. The summed E-state index contributed by atoms with van der Waals surface area (Å²) in [6, 6.07) is 4.72. The molecule has 15 heavy (non-hydrogen) atoms. The maximum absolute atomic E-state index is 11.8. The lowest BCUT2D eigenvalue weighted by molar-refractivity contribution is -0.130. The van der Waals surface area contributed by atoms with Crippen molar-refractivity contribution in [3.63, 3.8) is 0 Å². The molecule has 1 N–H and O–H groups in total. The van der Waals surface area contributed by atoms with Crippen molar-refractivity contribution in [3.05, 3.63) is 34.3 Å². The van der Waals surface area contributed by atoms with Gasteiger partial charge in [0, 0.05) is 17.0 Å². The lowest BCUT2D eigenvalue weighted by atomic mass is 9.95. The van der Waals surface area contributed by atoms with Crippen LogP contribution >= 0.6 is 11.6 Å². The van der Waals surface area contributed by atoms with E-state index in [0.717, 1.165) is 0 Å². The van der Waals surface area contributed by atoms with Crippen LogP contribution in [0.25, 0.3) is 0 Å². The summed E-state index contributed by atoms with van der Waals surface area (Å²) in [5.41, 5.74) is -0.866. The Bertz CT molecular complexity index is 467. The van der Waals surface area contributed by atoms with Crippen molar-refractivity contribution in [2.24, 2.45) is 0 Å². The molecule has 1 aliphatic rings. The SMILES string of the molecule is CC(=O)[C@]1(O)Cc2cc(Cl)ccc2C1=O. The highest BCUT2D eigenvalue weighted by Crippen LogP contribution is 2.32. The van der Waals surface area contributed by atoms with Crippen LogP contribution in [0.5, 0.6) is 0 Å². The van der Waals surface area contributed by atoms with Crippen molar-refractivity contribution in [2.45, 2.75) is 18.9 Å². The first-order chi connectivity index (χ1) is 6.95. The van der Waals surface area contributed by atoms with Crippen LogP contribution in [0.4, 0.5) is 0 Å². The topological polar surface area (TPSA) is 54.4 Å². The fourth-order valence-electron chi connectivity index (χ4n) is 1.79. The highest BCUT2D eigenvalue weighted by molar-refractivity contribution is 6.31. The molecule has 1 aromatic rings. The number of benzene rings is 1. The predicted octanol–water partition coefficient (Wildman–Crippen LogP) is 1.40. The predicted molar refractivity (Wildman–Crippen MR) is 55.1 cm³/mol. The maximum Gasteiger partial charge on any atom is 0.202 e. The zero-order valence-electron chi connectivity index (χ0n) is 8.08. The summed E-state index contributed by atoms with van der Waals surface area (Å²) in [7, 11) is 0. The molecule has 0 unspecified atom stereocenters. The zero-order valence-corrected chi connectivity index (χ0v) is 8.84. The van der Waals surface area contributed by atoms with Gasteiger partial charge in [-0.2, -0.15) is 0 Å². The van der Waals surface area contributed by atoms with Crippen molar-refractivity contribution < 1.29 is 14.7 Å². The molecule has 1 aliphatic carbocycles. The summed E-state index contributed by atoms with van der Waals surface area (Å²) in [5.74, 6) is -1.05. The van der Waals surface area contributed by atoms with Gasteiger partial charge in [-0.3, -0.25) is 9.59 Å². The first kappa shape index (κ1) is 10.3. The molecule has 4 heteroatoms. The van der Waals surface area contributed by atoms with Crippen molar-refractivity contribution in [3.8, 4) is 0 Å². The molecular weight excluding hydrogens is 216 g/mol. The number of carbonyl (C=O) groups is 2. The summed E-state index contributed by atoms with van der Waals surface area (Å²) in [4.78, 5) is 23.0. The molecular formula is C11H9ClO3. The number of aliphatic hydroxyl groups is 1.